The van der Waals surface area contributed by atoms with E-state index >= 15 is 0 Å². The lowest BCUT2D eigenvalue weighted by Crippen LogP contribution is -2.48. The fraction of sp³-hybridized carbons (Fsp3) is 0.333. The summed E-state index contributed by atoms with van der Waals surface area (Å²) in [6, 6.07) is 6.94. The lowest BCUT2D eigenvalue weighted by molar-refractivity contribution is -0.121. The van der Waals surface area contributed by atoms with Gasteiger partial charge in [-0.15, -0.1) is 0 Å². The second-order valence-corrected chi connectivity index (χ2v) is 3.98. The smallest absolute Gasteiger partial charge is 0.230 e. The third-order valence-corrected chi connectivity index (χ3v) is 2.71. The first-order valence-electron chi connectivity index (χ1n) is 5.29. The zero-order valence-corrected chi connectivity index (χ0v) is 9.12. The van der Waals surface area contributed by atoms with Crippen LogP contribution in [0.3, 0.4) is 0 Å². The second kappa shape index (κ2) is 4.45. The van der Waals surface area contributed by atoms with Crippen molar-refractivity contribution in [1.29, 1.82) is 0 Å². The van der Waals surface area contributed by atoms with Crippen LogP contribution in [0.5, 0.6) is 0 Å². The Balaban J connectivity index is 1.99. The Hall–Kier alpha value is -1.68. The van der Waals surface area contributed by atoms with Gasteiger partial charge in [-0.3, -0.25) is 9.59 Å². The number of carbonyl (C=O) groups is 2. The van der Waals surface area contributed by atoms with Crippen molar-refractivity contribution in [3.8, 4) is 0 Å². The average molecular weight is 218 g/mol. The highest BCUT2D eigenvalue weighted by molar-refractivity contribution is 5.96. The number of ketones is 1. The van der Waals surface area contributed by atoms with Crippen molar-refractivity contribution in [2.75, 3.05) is 18.4 Å². The molecule has 0 saturated carbocycles. The topological polar surface area (TPSA) is 58.2 Å². The minimum Gasteiger partial charge on any atom is -0.326 e. The molecule has 1 fully saturated rings. The molecule has 0 aromatic heterocycles. The first kappa shape index (κ1) is 10.8. The summed E-state index contributed by atoms with van der Waals surface area (Å²) < 4.78 is 0. The molecule has 1 aromatic carbocycles. The molecular formula is C12H14N2O2. The minimum absolute atomic E-state index is 0.0288. The van der Waals surface area contributed by atoms with Gasteiger partial charge in [0, 0.05) is 24.3 Å². The summed E-state index contributed by atoms with van der Waals surface area (Å²) in [6.45, 7) is 3.02. The molecule has 84 valence electrons. The Morgan fingerprint density at radius 1 is 1.25 bits per heavy atom. The second-order valence-electron chi connectivity index (χ2n) is 3.98. The Morgan fingerprint density at radius 2 is 1.88 bits per heavy atom. The molecule has 4 nitrogen and oxygen atoms in total. The van der Waals surface area contributed by atoms with E-state index in [0.717, 1.165) is 18.8 Å². The van der Waals surface area contributed by atoms with Crippen LogP contribution in [0.15, 0.2) is 24.3 Å². The fourth-order valence-electron chi connectivity index (χ4n) is 1.51. The highest BCUT2D eigenvalue weighted by atomic mass is 16.2. The van der Waals surface area contributed by atoms with E-state index < -0.39 is 0 Å². The normalized spacial score (nSPS) is 15.3. The van der Waals surface area contributed by atoms with Crippen LogP contribution in [0.4, 0.5) is 5.69 Å². The summed E-state index contributed by atoms with van der Waals surface area (Å²) in [5, 5.41) is 5.87. The van der Waals surface area contributed by atoms with Crippen LogP contribution in [-0.4, -0.2) is 24.8 Å². The van der Waals surface area contributed by atoms with Crippen molar-refractivity contribution in [2.45, 2.75) is 6.92 Å². The molecule has 1 aliphatic rings. The average Bonchev–Trinajstić information content (AvgIpc) is 2.15. The Kier molecular flexibility index (Phi) is 3.01. The maximum absolute atomic E-state index is 11.6. The summed E-state index contributed by atoms with van der Waals surface area (Å²) >= 11 is 0. The van der Waals surface area contributed by atoms with Crippen LogP contribution < -0.4 is 10.6 Å². The van der Waals surface area contributed by atoms with Gasteiger partial charge in [0.05, 0.1) is 5.92 Å². The van der Waals surface area contributed by atoms with Gasteiger partial charge in [-0.05, 0) is 31.2 Å². The van der Waals surface area contributed by atoms with Gasteiger partial charge in [-0.25, -0.2) is 0 Å². The molecule has 0 radical (unpaired) electrons. The quantitative estimate of drug-likeness (QED) is 0.745. The summed E-state index contributed by atoms with van der Waals surface area (Å²) in [4.78, 5) is 22.6. The van der Waals surface area contributed by atoms with Gasteiger partial charge in [-0.2, -0.15) is 0 Å². The van der Waals surface area contributed by atoms with Gasteiger partial charge >= 0.3 is 0 Å². The van der Waals surface area contributed by atoms with Gasteiger partial charge in [0.15, 0.2) is 5.78 Å². The number of anilines is 1. The Morgan fingerprint density at radius 3 is 2.31 bits per heavy atom. The minimum atomic E-state index is 0.0288. The van der Waals surface area contributed by atoms with Crippen molar-refractivity contribution < 1.29 is 9.59 Å². The van der Waals surface area contributed by atoms with E-state index in [-0.39, 0.29) is 17.6 Å². The lowest BCUT2D eigenvalue weighted by atomic mass is 10.0. The molecule has 4 heteroatoms. The van der Waals surface area contributed by atoms with Crippen LogP contribution in [0.2, 0.25) is 0 Å². The number of Topliss-reactive ketones (excluding diaryl/α,β-unsaturated/α-hetero) is 1. The molecule has 16 heavy (non-hydrogen) atoms. The zero-order chi connectivity index (χ0) is 11.5. The molecule has 0 unspecified atom stereocenters. The van der Waals surface area contributed by atoms with Crippen molar-refractivity contribution in [1.82, 2.24) is 5.32 Å². The summed E-state index contributed by atoms with van der Waals surface area (Å²) in [7, 11) is 0. The molecule has 1 amide bonds. The van der Waals surface area contributed by atoms with E-state index in [1.165, 1.54) is 6.92 Å². The Labute approximate surface area is 94.0 Å². The number of rotatable bonds is 3. The largest absolute Gasteiger partial charge is 0.326 e. The van der Waals surface area contributed by atoms with E-state index in [1.807, 2.05) is 0 Å². The van der Waals surface area contributed by atoms with Crippen molar-refractivity contribution in [3.63, 3.8) is 0 Å². The zero-order valence-electron chi connectivity index (χ0n) is 9.12. The predicted octanol–water partition coefficient (Wildman–Crippen LogP) is 1.05. The standard InChI is InChI=1S/C12H14N2O2/c1-8(15)9-2-4-11(5-3-9)14-12(16)10-6-13-7-10/h2-5,10,13H,6-7H2,1H3,(H,14,16). The number of hydrogen-bond acceptors (Lipinski definition) is 3. The van der Waals surface area contributed by atoms with E-state index in [1.54, 1.807) is 24.3 Å². The third-order valence-electron chi connectivity index (χ3n) is 2.71. The molecule has 1 aliphatic heterocycles. The third kappa shape index (κ3) is 2.28. The SMILES string of the molecule is CC(=O)c1ccc(NC(=O)C2CNC2)cc1. The van der Waals surface area contributed by atoms with E-state index in [0.29, 0.717) is 5.56 Å². The van der Waals surface area contributed by atoms with E-state index in [9.17, 15) is 9.59 Å². The molecule has 0 bridgehead atoms. The molecule has 0 aliphatic carbocycles. The monoisotopic (exact) mass is 218 g/mol. The van der Waals surface area contributed by atoms with Gasteiger partial charge in [-0.1, -0.05) is 0 Å². The van der Waals surface area contributed by atoms with Crippen LogP contribution >= 0.6 is 0 Å². The number of carbonyl (C=O) groups excluding carboxylic acids is 2. The van der Waals surface area contributed by atoms with Gasteiger partial charge in [0.2, 0.25) is 5.91 Å². The van der Waals surface area contributed by atoms with Gasteiger partial charge < -0.3 is 10.6 Å². The van der Waals surface area contributed by atoms with Gasteiger partial charge in [0.1, 0.15) is 0 Å². The summed E-state index contributed by atoms with van der Waals surface area (Å²) in [6.07, 6.45) is 0. The van der Waals surface area contributed by atoms with E-state index in [2.05, 4.69) is 10.6 Å². The molecule has 1 saturated heterocycles. The number of amides is 1. The van der Waals surface area contributed by atoms with Crippen LogP contribution in [0.25, 0.3) is 0 Å². The lowest BCUT2D eigenvalue weighted by Gasteiger charge is -2.25. The van der Waals surface area contributed by atoms with Crippen LogP contribution in [-0.2, 0) is 4.79 Å². The molecule has 2 rings (SSSR count). The van der Waals surface area contributed by atoms with Crippen LogP contribution in [0.1, 0.15) is 17.3 Å². The first-order valence-corrected chi connectivity index (χ1v) is 5.29. The first-order chi connectivity index (χ1) is 7.66. The van der Waals surface area contributed by atoms with Gasteiger partial charge in [0.25, 0.3) is 0 Å². The number of benzene rings is 1. The highest BCUT2D eigenvalue weighted by Crippen LogP contribution is 2.12. The molecule has 1 heterocycles. The molecular weight excluding hydrogens is 204 g/mol. The van der Waals surface area contributed by atoms with Crippen molar-refractivity contribution >= 4 is 17.4 Å². The van der Waals surface area contributed by atoms with Crippen molar-refractivity contribution in [2.24, 2.45) is 5.92 Å². The fourth-order valence-corrected chi connectivity index (χ4v) is 1.51. The maximum atomic E-state index is 11.6. The molecule has 0 spiro atoms. The molecule has 0 atom stereocenters. The Bertz CT molecular complexity index is 408. The molecule has 1 aromatic rings. The molecule has 2 N–H and O–H groups in total. The van der Waals surface area contributed by atoms with Crippen molar-refractivity contribution in [3.05, 3.63) is 29.8 Å². The van der Waals surface area contributed by atoms with E-state index in [4.69, 9.17) is 0 Å². The number of nitrogens with one attached hydrogen (secondary N) is 2. The highest BCUT2D eigenvalue weighted by Gasteiger charge is 2.24. The summed E-state index contributed by atoms with van der Waals surface area (Å²) in [5.74, 6) is 0.142. The van der Waals surface area contributed by atoms with Crippen LogP contribution in [0, 0.1) is 5.92 Å². The predicted molar refractivity (Wildman–Crippen MR) is 61.4 cm³/mol. The maximum Gasteiger partial charge on any atom is 0.230 e. The summed E-state index contributed by atoms with van der Waals surface area (Å²) in [5.41, 5.74) is 1.39. The number of hydrogen-bond donors (Lipinski definition) is 2.